The molecule has 1 amide bonds. The van der Waals surface area contributed by atoms with Crippen molar-refractivity contribution in [1.29, 1.82) is 0 Å². The average molecular weight is 251 g/mol. The van der Waals surface area contributed by atoms with Gasteiger partial charge in [-0.1, -0.05) is 11.3 Å². The first kappa shape index (κ1) is 11.7. The summed E-state index contributed by atoms with van der Waals surface area (Å²) >= 11 is 1.35. The molecule has 0 unspecified atom stereocenters. The number of aromatic nitrogens is 4. The van der Waals surface area contributed by atoms with Gasteiger partial charge in [0.2, 0.25) is 5.13 Å². The average Bonchev–Trinajstić information content (AvgIpc) is 2.84. The fourth-order valence-corrected chi connectivity index (χ4v) is 2.06. The number of hydrogen-bond acceptors (Lipinski definition) is 5. The zero-order valence-corrected chi connectivity index (χ0v) is 10.7. The first-order valence-electron chi connectivity index (χ1n) is 5.26. The number of rotatable bonds is 3. The highest BCUT2D eigenvalue weighted by Crippen LogP contribution is 2.15. The fraction of sp³-hybridized carbons (Fsp3) is 0.400. The molecule has 0 bridgehead atoms. The molecule has 0 spiro atoms. The maximum Gasteiger partial charge on any atom is 0.275 e. The van der Waals surface area contributed by atoms with Gasteiger partial charge in [0, 0.05) is 6.54 Å². The van der Waals surface area contributed by atoms with E-state index in [9.17, 15) is 4.79 Å². The van der Waals surface area contributed by atoms with Crippen LogP contribution in [-0.4, -0.2) is 25.9 Å². The number of aryl methyl sites for hydroxylation is 3. The molecule has 0 atom stereocenters. The number of hydrogen-bond donors (Lipinski definition) is 1. The molecular weight excluding hydrogens is 238 g/mol. The summed E-state index contributed by atoms with van der Waals surface area (Å²) in [6.07, 6.45) is 0. The molecular formula is C10H13N5OS. The van der Waals surface area contributed by atoms with Crippen LogP contribution in [0, 0.1) is 13.8 Å². The van der Waals surface area contributed by atoms with Crippen LogP contribution < -0.4 is 5.32 Å². The third-order valence-electron chi connectivity index (χ3n) is 2.18. The second-order valence-corrected chi connectivity index (χ2v) is 4.75. The molecule has 0 saturated heterocycles. The molecule has 90 valence electrons. The molecule has 1 N–H and O–H groups in total. The van der Waals surface area contributed by atoms with Crippen LogP contribution in [0.3, 0.4) is 0 Å². The summed E-state index contributed by atoms with van der Waals surface area (Å²) in [5.41, 5.74) is 1.36. The van der Waals surface area contributed by atoms with Crippen molar-refractivity contribution < 1.29 is 4.79 Å². The molecule has 2 heterocycles. The van der Waals surface area contributed by atoms with Gasteiger partial charge in [-0.05, 0) is 26.8 Å². The van der Waals surface area contributed by atoms with Gasteiger partial charge in [-0.15, -0.1) is 10.2 Å². The van der Waals surface area contributed by atoms with Crippen LogP contribution in [0.4, 0.5) is 5.13 Å². The summed E-state index contributed by atoms with van der Waals surface area (Å²) < 4.78 is 1.67. The van der Waals surface area contributed by atoms with E-state index in [2.05, 4.69) is 20.6 Å². The lowest BCUT2D eigenvalue weighted by Crippen LogP contribution is -2.17. The van der Waals surface area contributed by atoms with E-state index in [0.29, 0.717) is 17.4 Å². The van der Waals surface area contributed by atoms with Gasteiger partial charge in [0.25, 0.3) is 5.91 Å². The van der Waals surface area contributed by atoms with Crippen molar-refractivity contribution in [2.75, 3.05) is 5.32 Å². The summed E-state index contributed by atoms with van der Waals surface area (Å²) in [5.74, 6) is -0.205. The van der Waals surface area contributed by atoms with Crippen molar-refractivity contribution in [2.24, 2.45) is 0 Å². The Labute approximate surface area is 103 Å². The van der Waals surface area contributed by atoms with E-state index in [1.165, 1.54) is 11.3 Å². The van der Waals surface area contributed by atoms with Crippen LogP contribution in [0.15, 0.2) is 6.07 Å². The van der Waals surface area contributed by atoms with Gasteiger partial charge in [-0.3, -0.25) is 14.8 Å². The summed E-state index contributed by atoms with van der Waals surface area (Å²) in [6.45, 7) is 6.30. The van der Waals surface area contributed by atoms with Gasteiger partial charge in [0.1, 0.15) is 10.7 Å². The van der Waals surface area contributed by atoms with Crippen LogP contribution in [0.5, 0.6) is 0 Å². The van der Waals surface area contributed by atoms with E-state index in [0.717, 1.165) is 10.7 Å². The van der Waals surface area contributed by atoms with Crippen LogP contribution in [0.1, 0.15) is 28.1 Å². The van der Waals surface area contributed by atoms with Crippen molar-refractivity contribution in [2.45, 2.75) is 27.3 Å². The summed E-state index contributed by atoms with van der Waals surface area (Å²) in [7, 11) is 0. The molecule has 0 radical (unpaired) electrons. The molecule has 0 aromatic carbocycles. The predicted octanol–water partition coefficient (Wildman–Crippen LogP) is 1.62. The van der Waals surface area contributed by atoms with Crippen molar-refractivity contribution >= 4 is 22.4 Å². The van der Waals surface area contributed by atoms with Crippen LogP contribution in [0.25, 0.3) is 0 Å². The Hall–Kier alpha value is -1.76. The molecule has 2 aromatic rings. The standard InChI is InChI=1S/C10H13N5OS/c1-4-15-8(5-6(2)14-15)9(16)11-10-13-12-7(3)17-10/h5H,4H2,1-3H3,(H,11,13,16). The lowest BCUT2D eigenvalue weighted by atomic mass is 10.3. The lowest BCUT2D eigenvalue weighted by molar-refractivity contribution is 0.101. The number of carbonyl (C=O) groups is 1. The maximum atomic E-state index is 12.0. The van der Waals surface area contributed by atoms with Gasteiger partial charge in [0.05, 0.1) is 5.69 Å². The van der Waals surface area contributed by atoms with E-state index in [1.54, 1.807) is 10.7 Å². The molecule has 0 fully saturated rings. The smallest absolute Gasteiger partial charge is 0.275 e. The van der Waals surface area contributed by atoms with Crippen LogP contribution >= 0.6 is 11.3 Å². The van der Waals surface area contributed by atoms with E-state index in [4.69, 9.17) is 0 Å². The molecule has 0 saturated carbocycles. The van der Waals surface area contributed by atoms with E-state index in [-0.39, 0.29) is 5.91 Å². The van der Waals surface area contributed by atoms with Gasteiger partial charge in [-0.2, -0.15) is 5.10 Å². The summed E-state index contributed by atoms with van der Waals surface area (Å²) in [6, 6.07) is 1.76. The number of amides is 1. The monoisotopic (exact) mass is 251 g/mol. The van der Waals surface area contributed by atoms with Crippen molar-refractivity contribution in [3.05, 3.63) is 22.5 Å². The van der Waals surface area contributed by atoms with Crippen molar-refractivity contribution in [1.82, 2.24) is 20.0 Å². The zero-order chi connectivity index (χ0) is 12.4. The lowest BCUT2D eigenvalue weighted by Gasteiger charge is -2.03. The highest BCUT2D eigenvalue weighted by molar-refractivity contribution is 7.15. The SMILES string of the molecule is CCn1nc(C)cc1C(=O)Nc1nnc(C)s1. The Bertz CT molecular complexity index is 545. The van der Waals surface area contributed by atoms with Crippen LogP contribution in [-0.2, 0) is 6.54 Å². The number of nitrogens with one attached hydrogen (secondary N) is 1. The number of carbonyl (C=O) groups excluding carboxylic acids is 1. The summed E-state index contributed by atoms with van der Waals surface area (Å²) in [4.78, 5) is 12.0. The molecule has 0 aliphatic rings. The summed E-state index contributed by atoms with van der Waals surface area (Å²) in [5, 5.41) is 16.0. The van der Waals surface area contributed by atoms with E-state index >= 15 is 0 Å². The normalized spacial score (nSPS) is 10.5. The Kier molecular flexibility index (Phi) is 3.19. The van der Waals surface area contributed by atoms with E-state index < -0.39 is 0 Å². The zero-order valence-electron chi connectivity index (χ0n) is 9.89. The highest BCUT2D eigenvalue weighted by Gasteiger charge is 2.14. The number of anilines is 1. The number of nitrogens with zero attached hydrogens (tertiary/aromatic N) is 4. The van der Waals surface area contributed by atoms with Gasteiger partial charge in [0.15, 0.2) is 0 Å². The Morgan fingerprint density at radius 1 is 1.47 bits per heavy atom. The molecule has 0 aliphatic carbocycles. The highest BCUT2D eigenvalue weighted by atomic mass is 32.1. The molecule has 2 rings (SSSR count). The van der Waals surface area contributed by atoms with Gasteiger partial charge in [-0.25, -0.2) is 0 Å². The van der Waals surface area contributed by atoms with Crippen LogP contribution in [0.2, 0.25) is 0 Å². The quantitative estimate of drug-likeness (QED) is 0.899. The Balaban J connectivity index is 2.19. The second kappa shape index (κ2) is 4.62. The minimum absolute atomic E-state index is 0.205. The third kappa shape index (κ3) is 2.50. The largest absolute Gasteiger partial charge is 0.295 e. The molecule has 17 heavy (non-hydrogen) atoms. The first-order valence-corrected chi connectivity index (χ1v) is 6.07. The molecule has 6 nitrogen and oxygen atoms in total. The predicted molar refractivity (Wildman–Crippen MR) is 65.2 cm³/mol. The van der Waals surface area contributed by atoms with Gasteiger partial charge >= 0.3 is 0 Å². The topological polar surface area (TPSA) is 72.7 Å². The van der Waals surface area contributed by atoms with Gasteiger partial charge < -0.3 is 0 Å². The van der Waals surface area contributed by atoms with Crippen molar-refractivity contribution in [3.63, 3.8) is 0 Å². The molecule has 2 aromatic heterocycles. The first-order chi connectivity index (χ1) is 8.10. The second-order valence-electron chi connectivity index (χ2n) is 3.57. The third-order valence-corrected chi connectivity index (χ3v) is 2.93. The minimum Gasteiger partial charge on any atom is -0.295 e. The fourth-order valence-electron chi connectivity index (χ4n) is 1.48. The van der Waals surface area contributed by atoms with Crippen molar-refractivity contribution in [3.8, 4) is 0 Å². The Morgan fingerprint density at radius 2 is 2.24 bits per heavy atom. The molecule has 7 heteroatoms. The Morgan fingerprint density at radius 3 is 2.82 bits per heavy atom. The molecule has 0 aliphatic heterocycles. The minimum atomic E-state index is -0.205. The van der Waals surface area contributed by atoms with E-state index in [1.807, 2.05) is 20.8 Å². The maximum absolute atomic E-state index is 12.0.